The van der Waals surface area contributed by atoms with Crippen molar-refractivity contribution in [2.45, 2.75) is 39.0 Å². The predicted molar refractivity (Wildman–Crippen MR) is 147 cm³/mol. The number of halogens is 1. The highest BCUT2D eigenvalue weighted by molar-refractivity contribution is 6.33. The van der Waals surface area contributed by atoms with Gasteiger partial charge in [-0.2, -0.15) is 5.26 Å². The molecule has 1 aliphatic heterocycles. The molecule has 1 saturated heterocycles. The topological polar surface area (TPSA) is 116 Å². The van der Waals surface area contributed by atoms with Crippen molar-refractivity contribution in [3.63, 3.8) is 0 Å². The summed E-state index contributed by atoms with van der Waals surface area (Å²) in [6.07, 6.45) is 4.38. The normalized spacial score (nSPS) is 14.8. The quantitative estimate of drug-likeness (QED) is 0.354. The molecule has 0 unspecified atom stereocenters. The van der Waals surface area contributed by atoms with Crippen LogP contribution in [0.2, 0.25) is 5.02 Å². The largest absolute Gasteiger partial charge is 0.341 e. The number of rotatable bonds is 6. The van der Waals surface area contributed by atoms with Crippen molar-refractivity contribution in [3.8, 4) is 6.07 Å². The molecule has 0 amide bonds. The predicted octanol–water partition coefficient (Wildman–Crippen LogP) is 4.93. The lowest BCUT2D eigenvalue weighted by molar-refractivity contribution is 0.0971. The number of ketones is 1. The van der Waals surface area contributed by atoms with Crippen LogP contribution in [-0.2, 0) is 6.42 Å². The molecule has 192 valence electrons. The molecule has 5 rings (SSSR count). The Bertz CT molecular complexity index is 1600. The standard InChI is InChI=1S/C29H27ClN6O2/c1-17-12-18(2)24-21(13-17)28(38)35-27(33-24)22(15-31)26(37)25-23(30)16-32-29(34-25)36-10-8-20(9-11-36)14-19-6-4-3-5-7-19/h3-7,12-13,16,20,22H,8-11,14H2,1-2H3,(H,33,35,38)/t22-/m1/s1. The molecule has 0 aliphatic carbocycles. The summed E-state index contributed by atoms with van der Waals surface area (Å²) in [5.41, 5.74) is 3.03. The zero-order valence-electron chi connectivity index (χ0n) is 21.2. The van der Waals surface area contributed by atoms with E-state index in [1.54, 1.807) is 6.07 Å². The van der Waals surface area contributed by atoms with E-state index in [0.717, 1.165) is 43.5 Å². The van der Waals surface area contributed by atoms with Gasteiger partial charge in [0.05, 0.1) is 28.2 Å². The zero-order chi connectivity index (χ0) is 26.8. The summed E-state index contributed by atoms with van der Waals surface area (Å²) in [6, 6.07) is 16.1. The van der Waals surface area contributed by atoms with Gasteiger partial charge in [0.1, 0.15) is 11.5 Å². The van der Waals surface area contributed by atoms with Gasteiger partial charge in [-0.05, 0) is 61.8 Å². The number of hydrogen-bond acceptors (Lipinski definition) is 7. The Labute approximate surface area is 225 Å². The zero-order valence-corrected chi connectivity index (χ0v) is 22.0. The molecular formula is C29H27ClN6O2. The highest BCUT2D eigenvalue weighted by atomic mass is 35.5. The number of H-pyrrole nitrogens is 1. The first-order valence-electron chi connectivity index (χ1n) is 12.6. The van der Waals surface area contributed by atoms with Crippen molar-refractivity contribution in [1.82, 2.24) is 19.9 Å². The molecule has 1 fully saturated rings. The van der Waals surface area contributed by atoms with Gasteiger partial charge >= 0.3 is 0 Å². The van der Waals surface area contributed by atoms with Crippen LogP contribution in [-0.4, -0.2) is 38.8 Å². The lowest BCUT2D eigenvalue weighted by Crippen LogP contribution is -2.35. The number of benzene rings is 2. The smallest absolute Gasteiger partial charge is 0.258 e. The van der Waals surface area contributed by atoms with Crippen molar-refractivity contribution in [3.05, 3.63) is 92.2 Å². The van der Waals surface area contributed by atoms with Crippen LogP contribution in [0.5, 0.6) is 0 Å². The van der Waals surface area contributed by atoms with E-state index < -0.39 is 17.3 Å². The Morgan fingerprint density at radius 1 is 1.18 bits per heavy atom. The third kappa shape index (κ3) is 5.15. The fraction of sp³-hybridized carbons (Fsp3) is 0.310. The SMILES string of the molecule is Cc1cc(C)c2nc([C@H](C#N)C(=O)c3nc(N4CCC(Cc5ccccc5)CC4)ncc3Cl)[nH]c(=O)c2c1. The van der Waals surface area contributed by atoms with Crippen molar-refractivity contribution < 1.29 is 4.79 Å². The highest BCUT2D eigenvalue weighted by Crippen LogP contribution is 2.27. The maximum absolute atomic E-state index is 13.5. The van der Waals surface area contributed by atoms with E-state index in [4.69, 9.17) is 11.6 Å². The first kappa shape index (κ1) is 25.6. The molecule has 3 heterocycles. The third-order valence-electron chi connectivity index (χ3n) is 7.06. The molecule has 0 radical (unpaired) electrons. The van der Waals surface area contributed by atoms with Gasteiger partial charge < -0.3 is 9.88 Å². The summed E-state index contributed by atoms with van der Waals surface area (Å²) in [5, 5.41) is 10.4. The lowest BCUT2D eigenvalue weighted by Gasteiger charge is -2.32. The van der Waals surface area contributed by atoms with E-state index in [2.05, 4.69) is 44.2 Å². The monoisotopic (exact) mass is 526 g/mol. The molecule has 2 aromatic heterocycles. The van der Waals surface area contributed by atoms with Crippen LogP contribution in [0.25, 0.3) is 10.9 Å². The van der Waals surface area contributed by atoms with Gasteiger partial charge in [0.15, 0.2) is 5.92 Å². The molecular weight excluding hydrogens is 500 g/mol. The first-order valence-corrected chi connectivity index (χ1v) is 13.0. The summed E-state index contributed by atoms with van der Waals surface area (Å²) >= 11 is 6.33. The number of anilines is 1. The van der Waals surface area contributed by atoms with Crippen LogP contribution < -0.4 is 10.5 Å². The number of nitriles is 1. The second-order valence-electron chi connectivity index (χ2n) is 9.84. The minimum Gasteiger partial charge on any atom is -0.341 e. The molecule has 8 nitrogen and oxygen atoms in total. The maximum Gasteiger partial charge on any atom is 0.258 e. The Morgan fingerprint density at radius 2 is 1.92 bits per heavy atom. The highest BCUT2D eigenvalue weighted by Gasteiger charge is 2.30. The summed E-state index contributed by atoms with van der Waals surface area (Å²) < 4.78 is 0. The van der Waals surface area contributed by atoms with Crippen molar-refractivity contribution in [2.24, 2.45) is 5.92 Å². The number of nitrogens with zero attached hydrogens (tertiary/aromatic N) is 5. The van der Waals surface area contributed by atoms with Crippen molar-refractivity contribution in [2.75, 3.05) is 18.0 Å². The van der Waals surface area contributed by atoms with Crippen LogP contribution in [0.4, 0.5) is 5.95 Å². The van der Waals surface area contributed by atoms with Gasteiger partial charge in [-0.25, -0.2) is 15.0 Å². The van der Waals surface area contributed by atoms with Crippen LogP contribution in [0.1, 0.15) is 51.8 Å². The van der Waals surface area contributed by atoms with Gasteiger partial charge in [-0.15, -0.1) is 0 Å². The molecule has 0 spiro atoms. The second kappa shape index (κ2) is 10.7. The Morgan fingerprint density at radius 3 is 2.63 bits per heavy atom. The van der Waals surface area contributed by atoms with Gasteiger partial charge in [-0.3, -0.25) is 9.59 Å². The fourth-order valence-electron chi connectivity index (χ4n) is 5.10. The molecule has 9 heteroatoms. The van der Waals surface area contributed by atoms with Gasteiger partial charge in [0, 0.05) is 13.1 Å². The maximum atomic E-state index is 13.5. The van der Waals surface area contributed by atoms with E-state index in [-0.39, 0.29) is 16.5 Å². The summed E-state index contributed by atoms with van der Waals surface area (Å²) in [4.78, 5) is 44.3. The van der Waals surface area contributed by atoms with E-state index in [1.165, 1.54) is 11.8 Å². The number of aromatic nitrogens is 4. The molecule has 1 aliphatic rings. The van der Waals surface area contributed by atoms with Crippen LogP contribution in [0.15, 0.2) is 53.5 Å². The molecule has 0 bridgehead atoms. The van der Waals surface area contributed by atoms with E-state index >= 15 is 0 Å². The van der Waals surface area contributed by atoms with Gasteiger partial charge in [-0.1, -0.05) is 48.0 Å². The van der Waals surface area contributed by atoms with E-state index in [9.17, 15) is 14.9 Å². The number of aryl methyl sites for hydroxylation is 2. The summed E-state index contributed by atoms with van der Waals surface area (Å²) in [6.45, 7) is 5.24. The number of piperidine rings is 1. The number of Topliss-reactive ketones (excluding diaryl/α,β-unsaturated/α-hetero) is 1. The number of hydrogen-bond donors (Lipinski definition) is 1. The van der Waals surface area contributed by atoms with Crippen molar-refractivity contribution in [1.29, 1.82) is 5.26 Å². The first-order chi connectivity index (χ1) is 18.3. The molecule has 0 saturated carbocycles. The molecule has 1 atom stereocenters. The lowest BCUT2D eigenvalue weighted by atomic mass is 9.90. The fourth-order valence-corrected chi connectivity index (χ4v) is 5.28. The minimum atomic E-state index is -1.37. The Kier molecular flexibility index (Phi) is 7.21. The molecule has 4 aromatic rings. The van der Waals surface area contributed by atoms with Crippen LogP contribution in [0, 0.1) is 31.1 Å². The summed E-state index contributed by atoms with van der Waals surface area (Å²) in [5.74, 6) is -1.07. The Hall–Kier alpha value is -4.09. The second-order valence-corrected chi connectivity index (χ2v) is 10.2. The number of nitrogens with one attached hydrogen (secondary N) is 1. The van der Waals surface area contributed by atoms with Gasteiger partial charge in [0.2, 0.25) is 11.7 Å². The van der Waals surface area contributed by atoms with E-state index in [0.29, 0.717) is 22.8 Å². The van der Waals surface area contributed by atoms with Crippen LogP contribution in [0.3, 0.4) is 0 Å². The number of carbonyl (C=O) groups excluding carboxylic acids is 1. The molecule has 1 N–H and O–H groups in total. The average molecular weight is 527 g/mol. The third-order valence-corrected chi connectivity index (χ3v) is 7.33. The van der Waals surface area contributed by atoms with E-state index in [1.807, 2.05) is 36.9 Å². The molecule has 2 aromatic carbocycles. The molecule has 38 heavy (non-hydrogen) atoms. The minimum absolute atomic E-state index is 0.0279. The van der Waals surface area contributed by atoms with Crippen LogP contribution >= 0.6 is 11.6 Å². The summed E-state index contributed by atoms with van der Waals surface area (Å²) in [7, 11) is 0. The average Bonchev–Trinajstić information content (AvgIpc) is 2.91. The Balaban J connectivity index is 1.38. The number of fused-ring (bicyclic) bond motifs is 1. The number of carbonyl (C=O) groups is 1. The number of aromatic amines is 1. The van der Waals surface area contributed by atoms with Gasteiger partial charge in [0.25, 0.3) is 5.56 Å². The van der Waals surface area contributed by atoms with Crippen molar-refractivity contribution >= 4 is 34.2 Å².